The SMILES string of the molecule is Cc1ccc(C2CN([C@@H]3C[C@H]3c3ccccc3)CCN2C)c(C)c1. The highest BCUT2D eigenvalue weighted by molar-refractivity contribution is 5.34. The van der Waals surface area contributed by atoms with Crippen molar-refractivity contribution in [2.75, 3.05) is 26.7 Å². The monoisotopic (exact) mass is 320 g/mol. The maximum Gasteiger partial charge on any atom is 0.0475 e. The van der Waals surface area contributed by atoms with Crippen molar-refractivity contribution in [2.45, 2.75) is 38.3 Å². The number of aryl methyl sites for hydroxylation is 2. The van der Waals surface area contributed by atoms with E-state index in [1.807, 2.05) is 0 Å². The second kappa shape index (κ2) is 6.34. The van der Waals surface area contributed by atoms with Gasteiger partial charge >= 0.3 is 0 Å². The van der Waals surface area contributed by atoms with Crippen LogP contribution < -0.4 is 0 Å². The van der Waals surface area contributed by atoms with E-state index in [2.05, 4.69) is 79.2 Å². The first-order valence-electron chi connectivity index (χ1n) is 9.20. The Bertz CT molecular complexity index is 709. The van der Waals surface area contributed by atoms with Crippen molar-refractivity contribution in [3.8, 4) is 0 Å². The molecule has 126 valence electrons. The molecule has 2 heteroatoms. The Labute approximate surface area is 146 Å². The van der Waals surface area contributed by atoms with E-state index in [1.54, 1.807) is 0 Å². The molecule has 0 N–H and O–H groups in total. The minimum Gasteiger partial charge on any atom is -0.297 e. The Balaban J connectivity index is 1.50. The van der Waals surface area contributed by atoms with Crippen molar-refractivity contribution < 1.29 is 0 Å². The fourth-order valence-electron chi connectivity index (χ4n) is 4.37. The second-order valence-corrected chi connectivity index (χ2v) is 7.67. The summed E-state index contributed by atoms with van der Waals surface area (Å²) in [6, 6.07) is 19.3. The standard InChI is InChI=1S/C22H28N2/c1-16-9-10-19(17(2)13-16)22-15-24(12-11-23(22)3)21-14-20(21)18-7-5-4-6-8-18/h4-10,13,20-22H,11-12,14-15H2,1-3H3/t20-,21+,22?/m0/s1. The van der Waals surface area contributed by atoms with Gasteiger partial charge in [-0.1, -0.05) is 54.1 Å². The van der Waals surface area contributed by atoms with Gasteiger partial charge in [-0.05, 0) is 44.0 Å². The molecule has 4 rings (SSSR count). The zero-order valence-corrected chi connectivity index (χ0v) is 15.1. The summed E-state index contributed by atoms with van der Waals surface area (Å²) < 4.78 is 0. The van der Waals surface area contributed by atoms with Crippen molar-refractivity contribution in [3.63, 3.8) is 0 Å². The number of likely N-dealkylation sites (N-methyl/N-ethyl adjacent to an activating group) is 1. The van der Waals surface area contributed by atoms with Gasteiger partial charge in [-0.25, -0.2) is 0 Å². The summed E-state index contributed by atoms with van der Waals surface area (Å²) in [5.41, 5.74) is 5.82. The van der Waals surface area contributed by atoms with Crippen LogP contribution in [-0.4, -0.2) is 42.5 Å². The van der Waals surface area contributed by atoms with Gasteiger partial charge in [0, 0.05) is 37.6 Å². The van der Waals surface area contributed by atoms with Gasteiger partial charge in [0.2, 0.25) is 0 Å². The number of rotatable bonds is 3. The van der Waals surface area contributed by atoms with E-state index in [1.165, 1.54) is 35.2 Å². The van der Waals surface area contributed by atoms with Gasteiger partial charge in [0.15, 0.2) is 0 Å². The maximum atomic E-state index is 2.74. The molecule has 1 aliphatic carbocycles. The third-order valence-corrected chi connectivity index (χ3v) is 5.92. The average molecular weight is 320 g/mol. The molecule has 1 saturated carbocycles. The van der Waals surface area contributed by atoms with E-state index in [4.69, 9.17) is 0 Å². The number of benzene rings is 2. The van der Waals surface area contributed by atoms with Crippen molar-refractivity contribution >= 4 is 0 Å². The Kier molecular flexibility index (Phi) is 4.19. The lowest BCUT2D eigenvalue weighted by Gasteiger charge is -2.40. The first-order chi connectivity index (χ1) is 11.6. The maximum absolute atomic E-state index is 2.74. The molecule has 2 nitrogen and oxygen atoms in total. The molecule has 2 aromatic carbocycles. The van der Waals surface area contributed by atoms with E-state index >= 15 is 0 Å². The molecule has 2 fully saturated rings. The highest BCUT2D eigenvalue weighted by Gasteiger charge is 2.44. The predicted molar refractivity (Wildman–Crippen MR) is 100 cm³/mol. The zero-order valence-electron chi connectivity index (χ0n) is 15.1. The van der Waals surface area contributed by atoms with Crippen LogP contribution in [0.1, 0.15) is 40.6 Å². The molecular formula is C22H28N2. The van der Waals surface area contributed by atoms with Crippen molar-refractivity contribution in [1.82, 2.24) is 9.80 Å². The molecule has 1 unspecified atom stereocenters. The van der Waals surface area contributed by atoms with Crippen LogP contribution in [0, 0.1) is 13.8 Å². The van der Waals surface area contributed by atoms with Crippen LogP contribution >= 0.6 is 0 Å². The molecule has 1 aliphatic heterocycles. The Morgan fingerprint density at radius 3 is 2.50 bits per heavy atom. The third-order valence-electron chi connectivity index (χ3n) is 5.92. The summed E-state index contributed by atoms with van der Waals surface area (Å²) in [5, 5.41) is 0. The number of hydrogen-bond donors (Lipinski definition) is 0. The summed E-state index contributed by atoms with van der Waals surface area (Å²) in [7, 11) is 2.28. The predicted octanol–water partition coefficient (Wildman–Crippen LogP) is 4.15. The zero-order chi connectivity index (χ0) is 16.7. The molecule has 1 heterocycles. The van der Waals surface area contributed by atoms with Gasteiger partial charge < -0.3 is 0 Å². The molecule has 2 aromatic rings. The number of piperazine rings is 1. The van der Waals surface area contributed by atoms with Crippen LogP contribution in [0.3, 0.4) is 0 Å². The van der Waals surface area contributed by atoms with Crippen molar-refractivity contribution in [2.24, 2.45) is 0 Å². The van der Waals surface area contributed by atoms with Gasteiger partial charge in [0.1, 0.15) is 0 Å². The summed E-state index contributed by atoms with van der Waals surface area (Å²) in [4.78, 5) is 5.27. The smallest absolute Gasteiger partial charge is 0.0475 e. The summed E-state index contributed by atoms with van der Waals surface area (Å²) in [6.45, 7) is 7.97. The lowest BCUT2D eigenvalue weighted by molar-refractivity contribution is 0.0883. The molecule has 0 spiro atoms. The van der Waals surface area contributed by atoms with Gasteiger partial charge in [-0.2, -0.15) is 0 Å². The molecule has 0 bridgehead atoms. The first-order valence-corrected chi connectivity index (χ1v) is 9.20. The molecular weight excluding hydrogens is 292 g/mol. The fraction of sp³-hybridized carbons (Fsp3) is 0.455. The molecule has 2 aliphatic rings. The fourth-order valence-corrected chi connectivity index (χ4v) is 4.37. The van der Waals surface area contributed by atoms with Gasteiger partial charge in [-0.15, -0.1) is 0 Å². The Morgan fingerprint density at radius 2 is 1.75 bits per heavy atom. The Hall–Kier alpha value is -1.64. The van der Waals surface area contributed by atoms with Crippen LogP contribution in [-0.2, 0) is 0 Å². The lowest BCUT2D eigenvalue weighted by Crippen LogP contribution is -2.47. The van der Waals surface area contributed by atoms with Crippen LogP contribution in [0.2, 0.25) is 0 Å². The molecule has 24 heavy (non-hydrogen) atoms. The van der Waals surface area contributed by atoms with Crippen LogP contribution in [0.25, 0.3) is 0 Å². The highest BCUT2D eigenvalue weighted by atomic mass is 15.3. The van der Waals surface area contributed by atoms with Gasteiger partial charge in [0.25, 0.3) is 0 Å². The minimum atomic E-state index is 0.524. The van der Waals surface area contributed by atoms with E-state index in [9.17, 15) is 0 Å². The average Bonchev–Trinajstić information content (AvgIpc) is 3.37. The normalized spacial score (nSPS) is 28.0. The summed E-state index contributed by atoms with van der Waals surface area (Å²) in [5.74, 6) is 0.745. The van der Waals surface area contributed by atoms with E-state index in [-0.39, 0.29) is 0 Å². The van der Waals surface area contributed by atoms with Crippen molar-refractivity contribution in [3.05, 3.63) is 70.8 Å². The molecule has 1 saturated heterocycles. The third kappa shape index (κ3) is 3.01. The van der Waals surface area contributed by atoms with Crippen LogP contribution in [0.5, 0.6) is 0 Å². The Morgan fingerprint density at radius 1 is 0.958 bits per heavy atom. The van der Waals surface area contributed by atoms with E-state index in [0.717, 1.165) is 25.0 Å². The number of hydrogen-bond acceptors (Lipinski definition) is 2. The van der Waals surface area contributed by atoms with Crippen LogP contribution in [0.4, 0.5) is 0 Å². The van der Waals surface area contributed by atoms with Crippen molar-refractivity contribution in [1.29, 1.82) is 0 Å². The lowest BCUT2D eigenvalue weighted by atomic mass is 9.96. The largest absolute Gasteiger partial charge is 0.297 e. The quantitative estimate of drug-likeness (QED) is 0.838. The van der Waals surface area contributed by atoms with E-state index in [0.29, 0.717) is 6.04 Å². The van der Waals surface area contributed by atoms with E-state index < -0.39 is 0 Å². The minimum absolute atomic E-state index is 0.524. The molecule has 0 aromatic heterocycles. The number of nitrogens with zero attached hydrogens (tertiary/aromatic N) is 2. The van der Waals surface area contributed by atoms with Gasteiger partial charge in [0.05, 0.1) is 0 Å². The van der Waals surface area contributed by atoms with Crippen LogP contribution in [0.15, 0.2) is 48.5 Å². The molecule has 0 radical (unpaired) electrons. The second-order valence-electron chi connectivity index (χ2n) is 7.67. The van der Waals surface area contributed by atoms with Gasteiger partial charge in [-0.3, -0.25) is 9.80 Å². The summed E-state index contributed by atoms with van der Waals surface area (Å²) in [6.07, 6.45) is 1.33. The first kappa shape index (κ1) is 15.9. The topological polar surface area (TPSA) is 6.48 Å². The molecule has 3 atom stereocenters. The summed E-state index contributed by atoms with van der Waals surface area (Å²) >= 11 is 0. The highest BCUT2D eigenvalue weighted by Crippen LogP contribution is 2.46. The molecule has 0 amide bonds.